The fourth-order valence-corrected chi connectivity index (χ4v) is 1.49. The minimum atomic E-state index is 0. The number of unbranched alkanes of at least 4 members (excludes halogenated alkanes) is 9. The first-order valence-corrected chi connectivity index (χ1v) is 9.88. The molecule has 0 amide bonds. The van der Waals surface area contributed by atoms with Crippen molar-refractivity contribution in [1.29, 1.82) is 0 Å². The Balaban J connectivity index is -0.0000000727. The Bertz CT molecular complexity index is 111. The maximum atomic E-state index is 5.25. The molecular weight excluding hydrogens is 342 g/mol. The second kappa shape index (κ2) is 49.7. The van der Waals surface area contributed by atoms with Gasteiger partial charge in [-0.25, -0.2) is 0 Å². The van der Waals surface area contributed by atoms with Crippen LogP contribution in [0.2, 0.25) is 0 Å². The van der Waals surface area contributed by atoms with Crippen molar-refractivity contribution in [3.63, 3.8) is 0 Å². The molecule has 0 bridgehead atoms. The van der Waals surface area contributed by atoms with Crippen molar-refractivity contribution in [1.82, 2.24) is 0 Å². The van der Waals surface area contributed by atoms with E-state index in [0.29, 0.717) is 0 Å². The second-order valence-electron chi connectivity index (χ2n) is 5.69. The van der Waals surface area contributed by atoms with Gasteiger partial charge in [-0.05, 0) is 38.9 Å². The van der Waals surface area contributed by atoms with Gasteiger partial charge in [-0.1, -0.05) is 38.5 Å². The molecule has 152 valence electrons. The average molecular weight is 392 g/mol. The molecule has 0 saturated heterocycles. The fraction of sp³-hybridized carbons (Fsp3) is 0.810. The molecule has 0 saturated carbocycles. The van der Waals surface area contributed by atoms with Crippen LogP contribution in [0.3, 0.4) is 0 Å². The summed E-state index contributed by atoms with van der Waals surface area (Å²) in [6.07, 6.45) is 16.1. The van der Waals surface area contributed by atoms with Gasteiger partial charge < -0.3 is 44.4 Å². The van der Waals surface area contributed by atoms with Crippen molar-refractivity contribution in [2.45, 2.75) is 90.9 Å². The molecule has 0 radical (unpaired) electrons. The standard InChI is InChI=1S/3C6H14N.C3H7.Ti/c3*1-2-3-4-5-6-7;1-3-2;/h3*1-7H2;3H,1-2H3;/q4*-1;+4. The third-order valence-corrected chi connectivity index (χ3v) is 2.86. The van der Waals surface area contributed by atoms with E-state index < -0.39 is 0 Å². The number of nitrogens with two attached hydrogens (primary N) is 3. The fourth-order valence-electron chi connectivity index (χ4n) is 1.49. The van der Waals surface area contributed by atoms with Crippen LogP contribution < -0.4 is 17.2 Å². The normalized spacial score (nSPS) is 8.64. The van der Waals surface area contributed by atoms with E-state index in [-0.39, 0.29) is 21.7 Å². The number of hydrogen-bond donors (Lipinski definition) is 3. The van der Waals surface area contributed by atoms with Crippen LogP contribution in [0.4, 0.5) is 0 Å². The molecule has 0 aliphatic heterocycles. The van der Waals surface area contributed by atoms with Gasteiger partial charge in [0.15, 0.2) is 0 Å². The van der Waals surface area contributed by atoms with E-state index in [0.717, 1.165) is 58.2 Å². The summed E-state index contributed by atoms with van der Waals surface area (Å²) >= 11 is 0. The van der Waals surface area contributed by atoms with E-state index in [2.05, 4.69) is 20.8 Å². The maximum absolute atomic E-state index is 5.25. The molecule has 0 aromatic carbocycles. The molecule has 6 N–H and O–H groups in total. The third kappa shape index (κ3) is 79.2. The SMILES string of the molecule is C[CH-]C.[CH2-]CCCCCN.[CH2-]CCCCCN.[CH2-]CCCCCN.[Ti+4]. The third-order valence-electron chi connectivity index (χ3n) is 2.86. The molecule has 0 fully saturated rings. The Morgan fingerprint density at radius 1 is 0.520 bits per heavy atom. The summed E-state index contributed by atoms with van der Waals surface area (Å²) in [4.78, 5) is 0. The summed E-state index contributed by atoms with van der Waals surface area (Å²) in [5.41, 5.74) is 15.7. The van der Waals surface area contributed by atoms with Gasteiger partial charge in [-0.15, -0.1) is 0 Å². The van der Waals surface area contributed by atoms with Crippen LogP contribution in [0.1, 0.15) is 90.9 Å². The summed E-state index contributed by atoms with van der Waals surface area (Å²) < 4.78 is 0. The quantitative estimate of drug-likeness (QED) is 0.242. The summed E-state index contributed by atoms with van der Waals surface area (Å²) in [5.74, 6) is 0. The van der Waals surface area contributed by atoms with Gasteiger partial charge in [0.1, 0.15) is 0 Å². The van der Waals surface area contributed by atoms with Crippen molar-refractivity contribution >= 4 is 0 Å². The zero-order valence-electron chi connectivity index (χ0n) is 17.5. The van der Waals surface area contributed by atoms with Gasteiger partial charge in [0.2, 0.25) is 0 Å². The monoisotopic (exact) mass is 391 g/mol. The first kappa shape index (κ1) is 36.5. The van der Waals surface area contributed by atoms with Crippen LogP contribution in [-0.4, -0.2) is 19.6 Å². The zero-order chi connectivity index (χ0) is 19.3. The minimum absolute atomic E-state index is 0. The molecule has 25 heavy (non-hydrogen) atoms. The minimum Gasteiger partial charge on any atom is -0.343 e. The molecule has 3 nitrogen and oxygen atoms in total. The van der Waals surface area contributed by atoms with E-state index in [1.807, 2.05) is 20.3 Å². The van der Waals surface area contributed by atoms with Crippen molar-refractivity contribution in [2.75, 3.05) is 19.6 Å². The van der Waals surface area contributed by atoms with Crippen LogP contribution in [0.5, 0.6) is 0 Å². The largest absolute Gasteiger partial charge is 4.00 e. The Kier molecular flexibility index (Phi) is 72.6. The first-order valence-electron chi connectivity index (χ1n) is 9.88. The predicted molar refractivity (Wildman–Crippen MR) is 114 cm³/mol. The van der Waals surface area contributed by atoms with Crippen LogP contribution in [0, 0.1) is 27.2 Å². The van der Waals surface area contributed by atoms with Gasteiger partial charge in [0.25, 0.3) is 0 Å². The molecule has 0 aliphatic carbocycles. The molecular formula is C21H49N3Ti. The summed E-state index contributed by atoms with van der Waals surface area (Å²) in [7, 11) is 0. The number of hydrogen-bond acceptors (Lipinski definition) is 3. The predicted octanol–water partition coefficient (Wildman–Crippen LogP) is 5.25. The maximum Gasteiger partial charge on any atom is 4.00 e. The van der Waals surface area contributed by atoms with E-state index in [1.54, 1.807) is 0 Å². The van der Waals surface area contributed by atoms with Crippen LogP contribution in [0.15, 0.2) is 0 Å². The Morgan fingerprint density at radius 2 is 0.720 bits per heavy atom. The molecule has 0 rings (SSSR count). The average Bonchev–Trinajstić information content (AvgIpc) is 2.58. The van der Waals surface area contributed by atoms with E-state index in [9.17, 15) is 0 Å². The van der Waals surface area contributed by atoms with Crippen LogP contribution >= 0.6 is 0 Å². The Labute approximate surface area is 176 Å². The number of rotatable bonds is 12. The Hall–Kier alpha value is 0.594. The van der Waals surface area contributed by atoms with Crippen LogP contribution in [-0.2, 0) is 21.7 Å². The summed E-state index contributed by atoms with van der Waals surface area (Å²) in [6.45, 7) is 17.7. The second-order valence-corrected chi connectivity index (χ2v) is 5.69. The molecule has 0 aliphatic rings. The topological polar surface area (TPSA) is 78.1 Å². The van der Waals surface area contributed by atoms with Crippen molar-refractivity contribution in [3.8, 4) is 0 Å². The van der Waals surface area contributed by atoms with Gasteiger partial charge in [0, 0.05) is 0 Å². The molecule has 0 aromatic rings. The van der Waals surface area contributed by atoms with Gasteiger partial charge in [-0.3, -0.25) is 0 Å². The molecule has 0 spiro atoms. The van der Waals surface area contributed by atoms with Gasteiger partial charge in [0.05, 0.1) is 0 Å². The van der Waals surface area contributed by atoms with E-state index in [4.69, 9.17) is 17.2 Å². The van der Waals surface area contributed by atoms with Gasteiger partial charge in [-0.2, -0.15) is 33.1 Å². The molecule has 4 heteroatoms. The van der Waals surface area contributed by atoms with Crippen LogP contribution in [0.25, 0.3) is 0 Å². The molecule has 0 atom stereocenters. The van der Waals surface area contributed by atoms with Crippen molar-refractivity contribution in [2.24, 2.45) is 17.2 Å². The summed E-state index contributed by atoms with van der Waals surface area (Å²) in [5, 5.41) is 0. The molecule has 0 unspecified atom stereocenters. The first-order chi connectivity index (χ1) is 11.7. The molecule has 0 aromatic heterocycles. The van der Waals surface area contributed by atoms with Gasteiger partial charge >= 0.3 is 21.7 Å². The Morgan fingerprint density at radius 3 is 0.840 bits per heavy atom. The van der Waals surface area contributed by atoms with E-state index >= 15 is 0 Å². The van der Waals surface area contributed by atoms with Crippen molar-refractivity contribution in [3.05, 3.63) is 27.2 Å². The van der Waals surface area contributed by atoms with Crippen molar-refractivity contribution < 1.29 is 21.7 Å². The smallest absolute Gasteiger partial charge is 0.343 e. The van der Waals surface area contributed by atoms with E-state index in [1.165, 1.54) is 38.5 Å². The summed E-state index contributed by atoms with van der Waals surface area (Å²) in [6, 6.07) is 0. The molecule has 0 heterocycles. The zero-order valence-corrected chi connectivity index (χ0v) is 19.1.